The molecule has 1 fully saturated rings. The molecule has 5 heteroatoms. The minimum atomic E-state index is -0.0731. The molecule has 1 saturated heterocycles. The molecule has 2 atom stereocenters. The molecule has 1 aromatic rings. The van der Waals surface area contributed by atoms with Gasteiger partial charge in [0, 0.05) is 37.5 Å². The van der Waals surface area contributed by atoms with Crippen molar-refractivity contribution in [3.63, 3.8) is 0 Å². The molecular formula is C15H23N3O2. The fourth-order valence-corrected chi connectivity index (χ4v) is 2.34. The first-order valence-corrected chi connectivity index (χ1v) is 7.29. The molecule has 2 rings (SSSR count). The summed E-state index contributed by atoms with van der Waals surface area (Å²) in [6.45, 7) is 6.50. The van der Waals surface area contributed by atoms with E-state index in [-0.39, 0.29) is 11.9 Å². The Labute approximate surface area is 120 Å². The maximum atomic E-state index is 12.4. The quantitative estimate of drug-likeness (QED) is 0.835. The van der Waals surface area contributed by atoms with Gasteiger partial charge in [-0.2, -0.15) is 0 Å². The summed E-state index contributed by atoms with van der Waals surface area (Å²) >= 11 is 0. The summed E-state index contributed by atoms with van der Waals surface area (Å²) in [4.78, 5) is 16.4. The molecule has 1 amide bonds. The van der Waals surface area contributed by atoms with Crippen molar-refractivity contribution in [1.29, 1.82) is 0 Å². The van der Waals surface area contributed by atoms with Crippen LogP contribution in [0.4, 0.5) is 5.69 Å². The van der Waals surface area contributed by atoms with E-state index < -0.39 is 0 Å². The molecule has 0 aromatic carbocycles. The average Bonchev–Trinajstić information content (AvgIpc) is 2.99. The first-order chi connectivity index (χ1) is 9.72. The van der Waals surface area contributed by atoms with E-state index in [1.165, 1.54) is 0 Å². The smallest absolute Gasteiger partial charge is 0.255 e. The molecule has 1 aromatic heterocycles. The number of carbonyl (C=O) groups excluding carboxylic acids is 1. The zero-order chi connectivity index (χ0) is 14.4. The fourth-order valence-electron chi connectivity index (χ4n) is 2.34. The van der Waals surface area contributed by atoms with Crippen LogP contribution in [0.1, 0.15) is 37.0 Å². The standard InChI is InChI=1S/C15H23N3O2/c1-3-6-17-14-4-7-16-9-13(14)15(19)18-11(2)12-5-8-20-10-12/h4,7,9,11-12H,3,5-6,8,10H2,1-2H3,(H,16,17)(H,18,19). The zero-order valence-corrected chi connectivity index (χ0v) is 12.2. The van der Waals surface area contributed by atoms with Crippen molar-refractivity contribution < 1.29 is 9.53 Å². The monoisotopic (exact) mass is 277 g/mol. The Morgan fingerprint density at radius 2 is 2.45 bits per heavy atom. The Balaban J connectivity index is 2.00. The van der Waals surface area contributed by atoms with E-state index in [9.17, 15) is 4.79 Å². The second kappa shape index (κ2) is 7.24. The SMILES string of the molecule is CCCNc1ccncc1C(=O)NC(C)C1CCOC1. The van der Waals surface area contributed by atoms with E-state index in [4.69, 9.17) is 4.74 Å². The molecule has 1 aliphatic rings. The minimum absolute atomic E-state index is 0.0731. The lowest BCUT2D eigenvalue weighted by atomic mass is 10.0. The summed E-state index contributed by atoms with van der Waals surface area (Å²) in [7, 11) is 0. The van der Waals surface area contributed by atoms with Gasteiger partial charge in [-0.25, -0.2) is 0 Å². The van der Waals surface area contributed by atoms with Crippen LogP contribution in [-0.2, 0) is 4.74 Å². The predicted octanol–water partition coefficient (Wildman–Crippen LogP) is 2.06. The molecule has 2 unspecified atom stereocenters. The van der Waals surface area contributed by atoms with E-state index in [2.05, 4.69) is 22.5 Å². The van der Waals surface area contributed by atoms with E-state index >= 15 is 0 Å². The van der Waals surface area contributed by atoms with Gasteiger partial charge in [0.2, 0.25) is 0 Å². The maximum absolute atomic E-state index is 12.4. The lowest BCUT2D eigenvalue weighted by molar-refractivity contribution is 0.0922. The Hall–Kier alpha value is -1.62. The Kier molecular flexibility index (Phi) is 5.35. The summed E-state index contributed by atoms with van der Waals surface area (Å²) in [5.74, 6) is 0.332. The molecule has 0 aliphatic carbocycles. The van der Waals surface area contributed by atoms with Gasteiger partial charge in [-0.05, 0) is 25.8 Å². The van der Waals surface area contributed by atoms with Crippen LogP contribution in [0.3, 0.4) is 0 Å². The van der Waals surface area contributed by atoms with Gasteiger partial charge in [0.1, 0.15) is 0 Å². The number of ether oxygens (including phenoxy) is 1. The zero-order valence-electron chi connectivity index (χ0n) is 12.2. The third-order valence-corrected chi connectivity index (χ3v) is 3.66. The Morgan fingerprint density at radius 1 is 1.60 bits per heavy atom. The third kappa shape index (κ3) is 3.70. The lowest BCUT2D eigenvalue weighted by Gasteiger charge is -2.20. The van der Waals surface area contributed by atoms with Gasteiger partial charge in [-0.1, -0.05) is 6.92 Å². The predicted molar refractivity (Wildman–Crippen MR) is 78.9 cm³/mol. The van der Waals surface area contributed by atoms with E-state index in [0.29, 0.717) is 11.5 Å². The van der Waals surface area contributed by atoms with Crippen LogP contribution in [-0.4, -0.2) is 36.7 Å². The highest BCUT2D eigenvalue weighted by Crippen LogP contribution is 2.18. The molecule has 1 aliphatic heterocycles. The number of carbonyl (C=O) groups is 1. The van der Waals surface area contributed by atoms with Crippen LogP contribution in [0.25, 0.3) is 0 Å². The first-order valence-electron chi connectivity index (χ1n) is 7.29. The average molecular weight is 277 g/mol. The Morgan fingerprint density at radius 3 is 3.15 bits per heavy atom. The molecule has 2 heterocycles. The topological polar surface area (TPSA) is 63.2 Å². The molecule has 0 spiro atoms. The number of aromatic nitrogens is 1. The molecule has 20 heavy (non-hydrogen) atoms. The van der Waals surface area contributed by atoms with Crippen molar-refractivity contribution in [3.8, 4) is 0 Å². The van der Waals surface area contributed by atoms with Gasteiger partial charge in [0.25, 0.3) is 5.91 Å². The normalized spacial score (nSPS) is 19.6. The van der Waals surface area contributed by atoms with Crippen LogP contribution < -0.4 is 10.6 Å². The molecule has 2 N–H and O–H groups in total. The molecular weight excluding hydrogens is 254 g/mol. The van der Waals surface area contributed by atoms with Crippen molar-refractivity contribution in [1.82, 2.24) is 10.3 Å². The van der Waals surface area contributed by atoms with E-state index in [0.717, 1.165) is 38.3 Å². The Bertz CT molecular complexity index is 444. The van der Waals surface area contributed by atoms with Gasteiger partial charge in [-0.15, -0.1) is 0 Å². The van der Waals surface area contributed by atoms with Gasteiger partial charge in [0.15, 0.2) is 0 Å². The van der Waals surface area contributed by atoms with Crippen molar-refractivity contribution in [2.45, 2.75) is 32.7 Å². The number of rotatable bonds is 6. The summed E-state index contributed by atoms with van der Waals surface area (Å²) in [5.41, 5.74) is 1.45. The summed E-state index contributed by atoms with van der Waals surface area (Å²) in [5, 5.41) is 6.32. The fraction of sp³-hybridized carbons (Fsp3) is 0.600. The number of nitrogens with one attached hydrogen (secondary N) is 2. The third-order valence-electron chi connectivity index (χ3n) is 3.66. The highest BCUT2D eigenvalue weighted by Gasteiger charge is 2.24. The molecule has 0 bridgehead atoms. The van der Waals surface area contributed by atoms with Crippen LogP contribution in [0.15, 0.2) is 18.5 Å². The minimum Gasteiger partial charge on any atom is -0.384 e. The van der Waals surface area contributed by atoms with Crippen molar-refractivity contribution in [2.24, 2.45) is 5.92 Å². The largest absolute Gasteiger partial charge is 0.384 e. The van der Waals surface area contributed by atoms with Gasteiger partial charge >= 0.3 is 0 Å². The second-order valence-electron chi connectivity index (χ2n) is 5.23. The molecule has 0 saturated carbocycles. The molecule has 0 radical (unpaired) electrons. The summed E-state index contributed by atoms with van der Waals surface area (Å²) in [6, 6.07) is 1.96. The van der Waals surface area contributed by atoms with Gasteiger partial charge in [-0.3, -0.25) is 9.78 Å². The summed E-state index contributed by atoms with van der Waals surface area (Å²) < 4.78 is 5.37. The molecule has 5 nitrogen and oxygen atoms in total. The van der Waals surface area contributed by atoms with Crippen LogP contribution in [0.2, 0.25) is 0 Å². The number of hydrogen-bond acceptors (Lipinski definition) is 4. The molecule has 110 valence electrons. The van der Waals surface area contributed by atoms with Crippen molar-refractivity contribution in [3.05, 3.63) is 24.0 Å². The van der Waals surface area contributed by atoms with Crippen molar-refractivity contribution >= 4 is 11.6 Å². The lowest BCUT2D eigenvalue weighted by Crippen LogP contribution is -2.38. The number of hydrogen-bond donors (Lipinski definition) is 2. The van der Waals surface area contributed by atoms with Crippen LogP contribution >= 0.6 is 0 Å². The summed E-state index contributed by atoms with van der Waals surface area (Å²) in [6.07, 6.45) is 5.34. The number of nitrogens with zero attached hydrogens (tertiary/aromatic N) is 1. The first kappa shape index (κ1) is 14.8. The highest BCUT2D eigenvalue weighted by molar-refractivity contribution is 5.99. The van der Waals surface area contributed by atoms with E-state index in [1.54, 1.807) is 12.4 Å². The number of pyridine rings is 1. The van der Waals surface area contributed by atoms with Gasteiger partial charge < -0.3 is 15.4 Å². The number of amides is 1. The van der Waals surface area contributed by atoms with Gasteiger partial charge in [0.05, 0.1) is 17.9 Å². The maximum Gasteiger partial charge on any atom is 0.255 e. The van der Waals surface area contributed by atoms with Crippen LogP contribution in [0.5, 0.6) is 0 Å². The van der Waals surface area contributed by atoms with Crippen LogP contribution in [0, 0.1) is 5.92 Å². The van der Waals surface area contributed by atoms with Crippen molar-refractivity contribution in [2.75, 3.05) is 25.1 Å². The van der Waals surface area contributed by atoms with E-state index in [1.807, 2.05) is 13.0 Å². The number of anilines is 1. The highest BCUT2D eigenvalue weighted by atomic mass is 16.5. The second-order valence-corrected chi connectivity index (χ2v) is 5.23.